The van der Waals surface area contributed by atoms with E-state index in [2.05, 4.69) is 15.3 Å². The normalized spacial score (nSPS) is 13.7. The minimum absolute atomic E-state index is 0.140. The molecule has 2 aromatic rings. The smallest absolute Gasteiger partial charge is 0.358 e. The van der Waals surface area contributed by atoms with Gasteiger partial charge in [-0.3, -0.25) is 0 Å². The average Bonchev–Trinajstić information content (AvgIpc) is 3.40. The third-order valence-electron chi connectivity index (χ3n) is 3.58. The van der Waals surface area contributed by atoms with E-state index in [9.17, 15) is 4.79 Å². The fourth-order valence-electron chi connectivity index (χ4n) is 2.22. The number of aromatic nitrogens is 2. The van der Waals surface area contributed by atoms with Gasteiger partial charge in [0.15, 0.2) is 5.69 Å². The molecule has 0 atom stereocenters. The molecule has 0 saturated heterocycles. The van der Waals surface area contributed by atoms with Crippen molar-refractivity contribution in [3.05, 3.63) is 52.4 Å². The molecule has 1 aliphatic rings. The van der Waals surface area contributed by atoms with Gasteiger partial charge in [0.05, 0.1) is 6.61 Å². The highest BCUT2D eigenvalue weighted by Crippen LogP contribution is 2.39. The molecule has 6 heteroatoms. The van der Waals surface area contributed by atoms with Crippen LogP contribution in [0.25, 0.3) is 0 Å². The predicted molar refractivity (Wildman–Crippen MR) is 88.7 cm³/mol. The van der Waals surface area contributed by atoms with Crippen LogP contribution in [0.15, 0.2) is 30.3 Å². The zero-order valence-corrected chi connectivity index (χ0v) is 13.6. The van der Waals surface area contributed by atoms with Crippen LogP contribution in [0.4, 0.5) is 5.82 Å². The Labute approximate surface area is 140 Å². The van der Waals surface area contributed by atoms with Crippen LogP contribution in [-0.4, -0.2) is 22.5 Å². The molecule has 0 radical (unpaired) electrons. The molecule has 0 amide bonds. The van der Waals surface area contributed by atoms with E-state index < -0.39 is 5.97 Å². The second-order valence-corrected chi connectivity index (χ2v) is 5.80. The summed E-state index contributed by atoms with van der Waals surface area (Å²) in [6.45, 7) is 2.61. The first-order chi connectivity index (χ1) is 11.2. The van der Waals surface area contributed by atoms with Gasteiger partial charge in [-0.15, -0.1) is 0 Å². The summed E-state index contributed by atoms with van der Waals surface area (Å²) >= 11 is 6.31. The predicted octanol–water partition coefficient (Wildman–Crippen LogP) is 3.80. The molecule has 1 aromatic carbocycles. The maximum absolute atomic E-state index is 12.1. The average molecular weight is 332 g/mol. The summed E-state index contributed by atoms with van der Waals surface area (Å²) in [6, 6.07) is 9.92. The summed E-state index contributed by atoms with van der Waals surface area (Å²) in [4.78, 5) is 20.9. The fraction of sp³-hybridized carbons (Fsp3) is 0.353. The van der Waals surface area contributed by atoms with Crippen LogP contribution < -0.4 is 5.32 Å². The lowest BCUT2D eigenvalue weighted by Crippen LogP contribution is -2.13. The van der Waals surface area contributed by atoms with E-state index in [0.717, 1.165) is 18.4 Å². The number of hydrogen-bond donors (Lipinski definition) is 1. The molecule has 1 fully saturated rings. The van der Waals surface area contributed by atoms with Crippen LogP contribution in [0.5, 0.6) is 0 Å². The van der Waals surface area contributed by atoms with Crippen LogP contribution in [0.1, 0.15) is 47.6 Å². The Morgan fingerprint density at radius 2 is 2.04 bits per heavy atom. The van der Waals surface area contributed by atoms with Crippen molar-refractivity contribution < 1.29 is 9.53 Å². The Bertz CT molecular complexity index is 702. The highest BCUT2D eigenvalue weighted by Gasteiger charge is 2.30. The van der Waals surface area contributed by atoms with Crippen molar-refractivity contribution >= 4 is 23.4 Å². The molecular formula is C17H18ClN3O2. The van der Waals surface area contributed by atoms with Crippen LogP contribution in [0.2, 0.25) is 5.02 Å². The lowest BCUT2D eigenvalue weighted by atomic mass is 10.2. The van der Waals surface area contributed by atoms with E-state index in [0.29, 0.717) is 24.1 Å². The number of esters is 1. The quantitative estimate of drug-likeness (QED) is 0.816. The standard InChI is InChI=1S/C17H18ClN3O2/c1-2-23-17(22)14-13(18)16(21-15(20-14)12-8-9-12)19-10-11-6-4-3-5-7-11/h3-7,12H,2,8-10H2,1H3,(H,19,20,21). The van der Waals surface area contributed by atoms with Crippen LogP contribution in [0, 0.1) is 0 Å². The number of hydrogen-bond acceptors (Lipinski definition) is 5. The number of rotatable bonds is 6. The van der Waals surface area contributed by atoms with E-state index in [1.54, 1.807) is 6.92 Å². The van der Waals surface area contributed by atoms with E-state index in [1.165, 1.54) is 0 Å². The van der Waals surface area contributed by atoms with Gasteiger partial charge in [0.2, 0.25) is 0 Å². The Kier molecular flexibility index (Phi) is 4.76. The largest absolute Gasteiger partial charge is 0.461 e. The summed E-state index contributed by atoms with van der Waals surface area (Å²) in [7, 11) is 0. The minimum atomic E-state index is -0.510. The van der Waals surface area contributed by atoms with Crippen LogP contribution >= 0.6 is 11.6 Å². The number of nitrogens with zero attached hydrogens (tertiary/aromatic N) is 2. The number of ether oxygens (including phenoxy) is 1. The molecule has 0 aliphatic heterocycles. The van der Waals surface area contributed by atoms with Gasteiger partial charge in [0.25, 0.3) is 0 Å². The highest BCUT2D eigenvalue weighted by atomic mass is 35.5. The number of nitrogens with one attached hydrogen (secondary N) is 1. The Balaban J connectivity index is 1.87. The summed E-state index contributed by atoms with van der Waals surface area (Å²) in [5, 5.41) is 3.41. The zero-order chi connectivity index (χ0) is 16.2. The molecule has 0 spiro atoms. The number of benzene rings is 1. The maximum atomic E-state index is 12.1. The van der Waals surface area contributed by atoms with Crippen molar-refractivity contribution in [1.29, 1.82) is 0 Å². The van der Waals surface area contributed by atoms with E-state index >= 15 is 0 Å². The molecule has 5 nitrogen and oxygen atoms in total. The second kappa shape index (κ2) is 6.96. The highest BCUT2D eigenvalue weighted by molar-refractivity contribution is 6.35. The van der Waals surface area contributed by atoms with Gasteiger partial charge < -0.3 is 10.1 Å². The molecule has 1 heterocycles. The third-order valence-corrected chi connectivity index (χ3v) is 3.94. The van der Waals surface area contributed by atoms with Crippen molar-refractivity contribution in [2.24, 2.45) is 0 Å². The van der Waals surface area contributed by atoms with Gasteiger partial charge in [-0.2, -0.15) is 0 Å². The van der Waals surface area contributed by atoms with Crippen molar-refractivity contribution in [2.75, 3.05) is 11.9 Å². The molecule has 1 aromatic heterocycles. The fourth-order valence-corrected chi connectivity index (χ4v) is 2.45. The molecule has 3 rings (SSSR count). The third kappa shape index (κ3) is 3.79. The number of anilines is 1. The van der Waals surface area contributed by atoms with Crippen molar-refractivity contribution in [2.45, 2.75) is 32.2 Å². The Morgan fingerprint density at radius 1 is 1.30 bits per heavy atom. The molecule has 1 aliphatic carbocycles. The van der Waals surface area contributed by atoms with Crippen LogP contribution in [0.3, 0.4) is 0 Å². The van der Waals surface area contributed by atoms with Gasteiger partial charge in [-0.1, -0.05) is 41.9 Å². The number of carbonyl (C=O) groups excluding carboxylic acids is 1. The topological polar surface area (TPSA) is 64.1 Å². The molecule has 1 saturated carbocycles. The number of carbonyl (C=O) groups is 1. The van der Waals surface area contributed by atoms with Crippen molar-refractivity contribution in [3.8, 4) is 0 Å². The Morgan fingerprint density at radius 3 is 2.70 bits per heavy atom. The summed E-state index contributed by atoms with van der Waals surface area (Å²) in [5.41, 5.74) is 1.24. The first-order valence-corrected chi connectivity index (χ1v) is 8.09. The van der Waals surface area contributed by atoms with Gasteiger partial charge in [0, 0.05) is 12.5 Å². The summed E-state index contributed by atoms with van der Waals surface area (Å²) in [5.74, 6) is 0.950. The molecule has 1 N–H and O–H groups in total. The van der Waals surface area contributed by atoms with E-state index in [1.807, 2.05) is 30.3 Å². The van der Waals surface area contributed by atoms with Crippen molar-refractivity contribution in [1.82, 2.24) is 9.97 Å². The van der Waals surface area contributed by atoms with Gasteiger partial charge in [-0.25, -0.2) is 14.8 Å². The lowest BCUT2D eigenvalue weighted by Gasteiger charge is -2.12. The van der Waals surface area contributed by atoms with Crippen LogP contribution in [-0.2, 0) is 11.3 Å². The molecule has 120 valence electrons. The van der Waals surface area contributed by atoms with Gasteiger partial charge in [0.1, 0.15) is 16.7 Å². The first kappa shape index (κ1) is 15.7. The number of halogens is 1. The molecule has 0 unspecified atom stereocenters. The van der Waals surface area contributed by atoms with E-state index in [4.69, 9.17) is 16.3 Å². The Hall–Kier alpha value is -2.14. The second-order valence-electron chi connectivity index (χ2n) is 5.43. The molecule has 23 heavy (non-hydrogen) atoms. The van der Waals surface area contributed by atoms with Gasteiger partial charge in [-0.05, 0) is 25.3 Å². The minimum Gasteiger partial charge on any atom is -0.461 e. The zero-order valence-electron chi connectivity index (χ0n) is 12.9. The van der Waals surface area contributed by atoms with E-state index in [-0.39, 0.29) is 17.3 Å². The monoisotopic (exact) mass is 331 g/mol. The van der Waals surface area contributed by atoms with Gasteiger partial charge >= 0.3 is 5.97 Å². The first-order valence-electron chi connectivity index (χ1n) is 7.71. The molecular weight excluding hydrogens is 314 g/mol. The SMILES string of the molecule is CCOC(=O)c1nc(C2CC2)nc(NCc2ccccc2)c1Cl. The summed E-state index contributed by atoms with van der Waals surface area (Å²) < 4.78 is 5.04. The summed E-state index contributed by atoms with van der Waals surface area (Å²) in [6.07, 6.45) is 2.09. The maximum Gasteiger partial charge on any atom is 0.358 e. The molecule has 0 bridgehead atoms. The van der Waals surface area contributed by atoms with Crippen molar-refractivity contribution in [3.63, 3.8) is 0 Å². The lowest BCUT2D eigenvalue weighted by molar-refractivity contribution is 0.0519.